The number of halogens is 3. The van der Waals surface area contributed by atoms with Crippen molar-refractivity contribution in [3.8, 4) is 5.75 Å². The second kappa shape index (κ2) is 12.2. The average Bonchev–Trinajstić information content (AvgIpc) is 3.11. The van der Waals surface area contributed by atoms with E-state index >= 15 is 0 Å². The average molecular weight is 451 g/mol. The summed E-state index contributed by atoms with van der Waals surface area (Å²) in [5, 5.41) is 12.7. The van der Waals surface area contributed by atoms with Crippen LogP contribution in [0.5, 0.6) is 5.75 Å². The Hall–Kier alpha value is -2.87. The molecule has 0 saturated heterocycles. The Morgan fingerprint density at radius 1 is 1.28 bits per heavy atom. The van der Waals surface area contributed by atoms with Crippen LogP contribution in [0.2, 0.25) is 0 Å². The van der Waals surface area contributed by atoms with E-state index in [2.05, 4.69) is 5.32 Å². The topological polar surface area (TPSA) is 75.6 Å². The lowest BCUT2D eigenvalue weighted by molar-refractivity contribution is -0.137. The molecular weight excluding hydrogens is 423 g/mol. The molecule has 174 valence electrons. The van der Waals surface area contributed by atoms with Crippen LogP contribution < -0.4 is 10.1 Å². The summed E-state index contributed by atoms with van der Waals surface area (Å²) in [7, 11) is 1.60. The third kappa shape index (κ3) is 8.34. The van der Waals surface area contributed by atoms with Gasteiger partial charge in [-0.05, 0) is 49.5 Å². The van der Waals surface area contributed by atoms with Crippen LogP contribution in [0.15, 0.2) is 59.7 Å². The van der Waals surface area contributed by atoms with E-state index in [0.29, 0.717) is 31.3 Å². The van der Waals surface area contributed by atoms with Crippen molar-refractivity contribution in [3.63, 3.8) is 0 Å². The molecule has 0 spiro atoms. The van der Waals surface area contributed by atoms with E-state index in [0.717, 1.165) is 30.5 Å². The first kappa shape index (κ1) is 25.4. The lowest BCUT2D eigenvalue weighted by Crippen LogP contribution is -2.16. The van der Waals surface area contributed by atoms with E-state index in [1.165, 1.54) is 18.2 Å². The summed E-state index contributed by atoms with van der Waals surface area (Å²) in [6.07, 6.45) is 4.92. The molecule has 0 saturated carbocycles. The molecule has 0 aromatic heterocycles. The summed E-state index contributed by atoms with van der Waals surface area (Å²) in [5.41, 5.74) is 0.707. The number of rotatable bonds is 11. The molecule has 0 fully saturated rings. The number of allylic oxidation sites excluding steroid dienone is 5. The minimum Gasteiger partial charge on any atom is -0.491 e. The van der Waals surface area contributed by atoms with E-state index < -0.39 is 17.8 Å². The molecule has 8 heteroatoms. The number of nitrogens with one attached hydrogen (secondary N) is 1. The van der Waals surface area contributed by atoms with Crippen LogP contribution in [-0.2, 0) is 15.8 Å². The highest BCUT2D eigenvalue weighted by Gasteiger charge is 2.30. The second-order valence-corrected chi connectivity index (χ2v) is 7.43. The lowest BCUT2D eigenvalue weighted by atomic mass is 10.1. The van der Waals surface area contributed by atoms with Gasteiger partial charge in [0.2, 0.25) is 5.91 Å². The number of carbonyl (C=O) groups excluding carboxylic acids is 2. The van der Waals surface area contributed by atoms with Crippen LogP contribution in [0.3, 0.4) is 0 Å². The number of aliphatic hydroxyl groups excluding tert-OH is 1. The van der Waals surface area contributed by atoms with Crippen LogP contribution in [0.4, 0.5) is 13.2 Å². The van der Waals surface area contributed by atoms with Crippen molar-refractivity contribution in [1.29, 1.82) is 0 Å². The fourth-order valence-electron chi connectivity index (χ4n) is 3.21. The molecule has 0 aliphatic heterocycles. The first-order chi connectivity index (χ1) is 15.2. The van der Waals surface area contributed by atoms with Gasteiger partial charge in [0.25, 0.3) is 0 Å². The Balaban J connectivity index is 1.87. The molecule has 0 heterocycles. The van der Waals surface area contributed by atoms with Gasteiger partial charge in [-0.2, -0.15) is 13.2 Å². The molecule has 1 aliphatic carbocycles. The number of hydrogen-bond acceptors (Lipinski definition) is 4. The van der Waals surface area contributed by atoms with Gasteiger partial charge in [0, 0.05) is 25.5 Å². The highest BCUT2D eigenvalue weighted by Crippen LogP contribution is 2.31. The zero-order chi connectivity index (χ0) is 23.6. The lowest BCUT2D eigenvalue weighted by Gasteiger charge is -2.12. The molecule has 2 N–H and O–H groups in total. The summed E-state index contributed by atoms with van der Waals surface area (Å²) < 4.78 is 43.5. The third-order valence-electron chi connectivity index (χ3n) is 4.99. The van der Waals surface area contributed by atoms with Crippen molar-refractivity contribution in [2.75, 3.05) is 13.7 Å². The van der Waals surface area contributed by atoms with Crippen molar-refractivity contribution in [2.45, 2.75) is 50.8 Å². The number of carbonyl (C=O) groups is 2. The SMILES string of the molecule is CNC(=O)CCC/C=C\CC1=C(/C=C/[C@@H](O)COc2cccc(C(F)(F)F)c2)CCC1=O. The Morgan fingerprint density at radius 3 is 2.78 bits per heavy atom. The number of ether oxygens (including phenoxy) is 1. The van der Waals surface area contributed by atoms with Crippen molar-refractivity contribution < 1.29 is 32.6 Å². The normalized spacial score (nSPS) is 15.7. The summed E-state index contributed by atoms with van der Waals surface area (Å²) in [6.45, 7) is -0.209. The summed E-state index contributed by atoms with van der Waals surface area (Å²) in [4.78, 5) is 23.3. The van der Waals surface area contributed by atoms with Gasteiger partial charge in [0.05, 0.1) is 5.56 Å². The van der Waals surface area contributed by atoms with E-state index in [4.69, 9.17) is 4.74 Å². The smallest absolute Gasteiger partial charge is 0.416 e. The molecule has 0 radical (unpaired) electrons. The van der Waals surface area contributed by atoms with Crippen molar-refractivity contribution >= 4 is 11.7 Å². The molecule has 5 nitrogen and oxygen atoms in total. The van der Waals surface area contributed by atoms with Crippen LogP contribution in [0.25, 0.3) is 0 Å². The van der Waals surface area contributed by atoms with Crippen molar-refractivity contribution in [2.24, 2.45) is 0 Å². The zero-order valence-electron chi connectivity index (χ0n) is 18.0. The van der Waals surface area contributed by atoms with Gasteiger partial charge in [-0.15, -0.1) is 0 Å². The second-order valence-electron chi connectivity index (χ2n) is 7.43. The van der Waals surface area contributed by atoms with Crippen LogP contribution >= 0.6 is 0 Å². The van der Waals surface area contributed by atoms with Crippen LogP contribution in [-0.4, -0.2) is 36.6 Å². The molecule has 0 bridgehead atoms. The predicted molar refractivity (Wildman–Crippen MR) is 115 cm³/mol. The standard InChI is InChI=1S/C24H28F3NO4/c1-28-23(31)10-5-3-2-4-9-21-17(12-14-22(21)30)11-13-19(29)16-32-20-8-6-7-18(15-20)24(25,26)27/h2,4,6-8,11,13,15,19,29H,3,5,9-10,12,14,16H2,1H3,(H,28,31)/b4-2-,13-11+/t19-/m1/s1. The van der Waals surface area contributed by atoms with Gasteiger partial charge in [-0.1, -0.05) is 30.4 Å². The minimum atomic E-state index is -4.46. The van der Waals surface area contributed by atoms with Gasteiger partial charge in [-0.25, -0.2) is 0 Å². The maximum absolute atomic E-state index is 12.8. The maximum atomic E-state index is 12.8. The fourth-order valence-corrected chi connectivity index (χ4v) is 3.21. The number of unbranched alkanes of at least 4 members (excludes halogenated alkanes) is 1. The van der Waals surface area contributed by atoms with Gasteiger partial charge in [0.1, 0.15) is 18.5 Å². The molecular formula is C24H28F3NO4. The number of benzene rings is 1. The Morgan fingerprint density at radius 2 is 2.06 bits per heavy atom. The quantitative estimate of drug-likeness (QED) is 0.383. The summed E-state index contributed by atoms with van der Waals surface area (Å²) in [6, 6.07) is 4.47. The van der Waals surface area contributed by atoms with Crippen LogP contribution in [0, 0.1) is 0 Å². The molecule has 0 unspecified atom stereocenters. The number of aliphatic hydroxyl groups is 1. The molecule has 1 aromatic carbocycles. The van der Waals surface area contributed by atoms with E-state index in [1.54, 1.807) is 13.1 Å². The van der Waals surface area contributed by atoms with Gasteiger partial charge in [-0.3, -0.25) is 9.59 Å². The Labute approximate surface area is 185 Å². The van der Waals surface area contributed by atoms with Crippen molar-refractivity contribution in [3.05, 3.63) is 65.3 Å². The molecule has 2 rings (SSSR count). The Bertz CT molecular complexity index is 887. The number of Topliss-reactive ketones (excluding diaryl/α,β-unsaturated/α-hetero) is 1. The maximum Gasteiger partial charge on any atom is 0.416 e. The number of amides is 1. The number of ketones is 1. The molecule has 1 aliphatic rings. The third-order valence-corrected chi connectivity index (χ3v) is 4.99. The van der Waals surface area contributed by atoms with E-state index in [9.17, 15) is 27.9 Å². The van der Waals surface area contributed by atoms with Gasteiger partial charge >= 0.3 is 6.18 Å². The fraction of sp³-hybridized carbons (Fsp3) is 0.417. The minimum absolute atomic E-state index is 0.00454. The van der Waals surface area contributed by atoms with Crippen molar-refractivity contribution in [1.82, 2.24) is 5.32 Å². The highest BCUT2D eigenvalue weighted by molar-refractivity contribution is 5.99. The highest BCUT2D eigenvalue weighted by atomic mass is 19.4. The molecule has 32 heavy (non-hydrogen) atoms. The molecule has 1 amide bonds. The molecule has 1 atom stereocenters. The zero-order valence-corrected chi connectivity index (χ0v) is 18.0. The molecule has 1 aromatic rings. The summed E-state index contributed by atoms with van der Waals surface area (Å²) >= 11 is 0. The van der Waals surface area contributed by atoms with E-state index in [-0.39, 0.29) is 24.0 Å². The first-order valence-corrected chi connectivity index (χ1v) is 10.5. The monoisotopic (exact) mass is 451 g/mol. The number of hydrogen-bond donors (Lipinski definition) is 2. The van der Waals surface area contributed by atoms with Gasteiger partial charge < -0.3 is 15.2 Å². The Kier molecular flexibility index (Phi) is 9.71. The number of alkyl halides is 3. The van der Waals surface area contributed by atoms with E-state index in [1.807, 2.05) is 12.2 Å². The predicted octanol–water partition coefficient (Wildman–Crippen LogP) is 4.52. The summed E-state index contributed by atoms with van der Waals surface area (Å²) in [5.74, 6) is 0.0780. The largest absolute Gasteiger partial charge is 0.491 e. The van der Waals surface area contributed by atoms with Crippen LogP contribution in [0.1, 0.15) is 44.1 Å². The first-order valence-electron chi connectivity index (χ1n) is 10.5. The van der Waals surface area contributed by atoms with Gasteiger partial charge in [0.15, 0.2) is 5.78 Å².